The Morgan fingerprint density at radius 3 is 2.76 bits per heavy atom. The first kappa shape index (κ1) is 15.5. The normalized spacial score (nSPS) is 38.8. The highest BCUT2D eigenvalue weighted by Gasteiger charge is 2.64. The number of rotatable bonds is 6. The fourth-order valence-corrected chi connectivity index (χ4v) is 4.28. The molecule has 1 heterocycles. The van der Waals surface area contributed by atoms with Crippen LogP contribution >= 0.6 is 0 Å². The smallest absolute Gasteiger partial charge is 0.171 e. The van der Waals surface area contributed by atoms with Gasteiger partial charge in [0, 0.05) is 18.3 Å². The molecule has 21 heavy (non-hydrogen) atoms. The first-order chi connectivity index (χ1) is 10.2. The Labute approximate surface area is 127 Å². The Bertz CT molecular complexity index is 375. The largest absolute Gasteiger partial charge is 0.392 e. The number of aliphatic hydroxyl groups excluding tert-OH is 2. The Morgan fingerprint density at radius 1 is 1.29 bits per heavy atom. The number of fused-ring (bicyclic) bond motifs is 2. The van der Waals surface area contributed by atoms with E-state index in [0.717, 1.165) is 25.7 Å². The van der Waals surface area contributed by atoms with Crippen molar-refractivity contribution in [3.63, 3.8) is 0 Å². The molecule has 0 bridgehead atoms. The molecule has 3 rings (SSSR count). The van der Waals surface area contributed by atoms with Gasteiger partial charge in [-0.15, -0.1) is 0 Å². The summed E-state index contributed by atoms with van der Waals surface area (Å²) in [5.74, 6) is 0.516. The zero-order chi connectivity index (χ0) is 14.9. The van der Waals surface area contributed by atoms with Gasteiger partial charge in [0.1, 0.15) is 0 Å². The highest BCUT2D eigenvalue weighted by atomic mass is 16.7. The number of aliphatic hydroxyl groups is 2. The third-order valence-corrected chi connectivity index (χ3v) is 5.47. The average molecular weight is 296 g/mol. The Kier molecular flexibility index (Phi) is 4.69. The zero-order valence-corrected chi connectivity index (χ0v) is 12.9. The molecule has 120 valence electrons. The van der Waals surface area contributed by atoms with Gasteiger partial charge in [0.15, 0.2) is 5.79 Å². The number of hydrogen-bond donors (Lipinski definition) is 2. The molecule has 4 nitrogen and oxygen atoms in total. The second-order valence-electron chi connectivity index (χ2n) is 6.81. The van der Waals surface area contributed by atoms with Crippen LogP contribution in [0.2, 0.25) is 0 Å². The van der Waals surface area contributed by atoms with Gasteiger partial charge in [0.05, 0.1) is 25.4 Å². The lowest BCUT2D eigenvalue weighted by atomic mass is 9.67. The third kappa shape index (κ3) is 2.91. The van der Waals surface area contributed by atoms with Gasteiger partial charge >= 0.3 is 0 Å². The summed E-state index contributed by atoms with van der Waals surface area (Å²) >= 11 is 0. The topological polar surface area (TPSA) is 58.9 Å². The Morgan fingerprint density at radius 2 is 2.05 bits per heavy atom. The fourth-order valence-electron chi connectivity index (χ4n) is 4.28. The summed E-state index contributed by atoms with van der Waals surface area (Å²) < 4.78 is 11.5. The minimum absolute atomic E-state index is 0.147. The molecule has 1 aliphatic heterocycles. The molecular formula is C17H28O4. The van der Waals surface area contributed by atoms with E-state index in [-0.39, 0.29) is 18.1 Å². The van der Waals surface area contributed by atoms with Crippen LogP contribution in [0, 0.1) is 17.8 Å². The van der Waals surface area contributed by atoms with E-state index >= 15 is 0 Å². The van der Waals surface area contributed by atoms with Crippen LogP contribution in [-0.4, -0.2) is 41.4 Å². The van der Waals surface area contributed by atoms with Crippen molar-refractivity contribution >= 4 is 0 Å². The summed E-state index contributed by atoms with van der Waals surface area (Å²) in [7, 11) is 0. The van der Waals surface area contributed by atoms with Crippen LogP contribution in [0.25, 0.3) is 0 Å². The van der Waals surface area contributed by atoms with E-state index in [1.165, 1.54) is 12.8 Å². The number of ether oxygens (including phenoxy) is 2. The van der Waals surface area contributed by atoms with Gasteiger partial charge in [-0.25, -0.2) is 0 Å². The molecule has 2 aliphatic carbocycles. The van der Waals surface area contributed by atoms with E-state index in [9.17, 15) is 10.2 Å². The molecular weight excluding hydrogens is 268 g/mol. The first-order valence-electron chi connectivity index (χ1n) is 8.48. The summed E-state index contributed by atoms with van der Waals surface area (Å²) in [5.41, 5.74) is 0. The molecule has 0 aromatic heterocycles. The van der Waals surface area contributed by atoms with Crippen molar-refractivity contribution < 1.29 is 19.7 Å². The molecule has 5 atom stereocenters. The molecule has 4 heteroatoms. The second kappa shape index (κ2) is 6.37. The van der Waals surface area contributed by atoms with Crippen LogP contribution < -0.4 is 0 Å². The second-order valence-corrected chi connectivity index (χ2v) is 6.81. The predicted molar refractivity (Wildman–Crippen MR) is 79.6 cm³/mol. The van der Waals surface area contributed by atoms with E-state index in [0.29, 0.717) is 25.0 Å². The van der Waals surface area contributed by atoms with E-state index in [1.807, 2.05) is 12.2 Å². The minimum Gasteiger partial charge on any atom is -0.392 e. The number of hydrogen-bond acceptors (Lipinski definition) is 4. The monoisotopic (exact) mass is 296 g/mol. The molecule has 3 aliphatic rings. The highest BCUT2D eigenvalue weighted by Crippen LogP contribution is 2.59. The SMILES string of the molecule is CCCCCC(O)C=CC1C(O)C[C@H]2[C@H]1CC21OCCO1. The minimum atomic E-state index is -0.395. The van der Waals surface area contributed by atoms with Crippen LogP contribution in [0.3, 0.4) is 0 Å². The molecule has 1 spiro atoms. The molecule has 0 amide bonds. The maximum absolute atomic E-state index is 10.3. The molecule has 0 radical (unpaired) electrons. The molecule has 1 saturated heterocycles. The van der Waals surface area contributed by atoms with Gasteiger partial charge in [0.25, 0.3) is 0 Å². The summed E-state index contributed by atoms with van der Waals surface area (Å²) in [5, 5.41) is 20.3. The van der Waals surface area contributed by atoms with Gasteiger partial charge in [-0.2, -0.15) is 0 Å². The molecule has 3 fully saturated rings. The molecule has 2 N–H and O–H groups in total. The lowest BCUT2D eigenvalue weighted by molar-refractivity contribution is -0.270. The maximum Gasteiger partial charge on any atom is 0.171 e. The van der Waals surface area contributed by atoms with Gasteiger partial charge < -0.3 is 19.7 Å². The van der Waals surface area contributed by atoms with E-state index in [2.05, 4.69) is 6.92 Å². The fraction of sp³-hybridized carbons (Fsp3) is 0.882. The Hall–Kier alpha value is -0.420. The highest BCUT2D eigenvalue weighted by molar-refractivity contribution is 5.14. The van der Waals surface area contributed by atoms with Gasteiger partial charge in [0.2, 0.25) is 0 Å². The van der Waals surface area contributed by atoms with Crippen LogP contribution in [0.15, 0.2) is 12.2 Å². The summed E-state index contributed by atoms with van der Waals surface area (Å²) in [6.07, 6.45) is 9.07. The van der Waals surface area contributed by atoms with Crippen LogP contribution in [0.1, 0.15) is 45.4 Å². The lowest BCUT2D eigenvalue weighted by Gasteiger charge is -2.49. The molecule has 0 aromatic rings. The first-order valence-corrected chi connectivity index (χ1v) is 8.48. The van der Waals surface area contributed by atoms with Crippen molar-refractivity contribution in [1.29, 1.82) is 0 Å². The lowest BCUT2D eigenvalue weighted by Crippen LogP contribution is -2.53. The van der Waals surface area contributed by atoms with E-state index < -0.39 is 5.79 Å². The summed E-state index contributed by atoms with van der Waals surface area (Å²) in [6, 6.07) is 0. The van der Waals surface area contributed by atoms with Crippen LogP contribution in [0.4, 0.5) is 0 Å². The van der Waals surface area contributed by atoms with Crippen molar-refractivity contribution in [2.24, 2.45) is 17.8 Å². The zero-order valence-electron chi connectivity index (χ0n) is 12.9. The van der Waals surface area contributed by atoms with Gasteiger partial charge in [-0.1, -0.05) is 38.3 Å². The van der Waals surface area contributed by atoms with E-state index in [4.69, 9.17) is 9.47 Å². The summed E-state index contributed by atoms with van der Waals surface area (Å²) in [4.78, 5) is 0. The maximum atomic E-state index is 10.3. The number of unbranched alkanes of at least 4 members (excludes halogenated alkanes) is 2. The quantitative estimate of drug-likeness (QED) is 0.583. The standard InChI is InChI=1S/C17H28O4/c1-2-3-4-5-12(18)6-7-13-14-11-17(20-8-9-21-17)15(14)10-16(13)19/h6-7,12-16,18-19H,2-5,8-11H2,1H3/t12?,13?,14-,15-,16?/m0/s1. The van der Waals surface area contributed by atoms with Crippen molar-refractivity contribution in [2.75, 3.05) is 13.2 Å². The van der Waals surface area contributed by atoms with Crippen molar-refractivity contribution in [1.82, 2.24) is 0 Å². The van der Waals surface area contributed by atoms with Gasteiger partial charge in [-0.05, 0) is 18.8 Å². The van der Waals surface area contributed by atoms with Gasteiger partial charge in [-0.3, -0.25) is 0 Å². The summed E-state index contributed by atoms with van der Waals surface area (Å²) in [6.45, 7) is 3.52. The molecule has 3 unspecified atom stereocenters. The molecule has 2 saturated carbocycles. The van der Waals surface area contributed by atoms with Crippen molar-refractivity contribution in [3.05, 3.63) is 12.2 Å². The van der Waals surface area contributed by atoms with E-state index in [1.54, 1.807) is 0 Å². The van der Waals surface area contributed by atoms with Crippen molar-refractivity contribution in [3.8, 4) is 0 Å². The molecule has 0 aromatic carbocycles. The Balaban J connectivity index is 1.52. The average Bonchev–Trinajstić information content (AvgIpc) is 3.03. The third-order valence-electron chi connectivity index (χ3n) is 5.47. The van der Waals surface area contributed by atoms with Crippen LogP contribution in [0.5, 0.6) is 0 Å². The predicted octanol–water partition coefficient (Wildman–Crippen LogP) is 2.24. The van der Waals surface area contributed by atoms with Crippen molar-refractivity contribution in [2.45, 2.75) is 63.4 Å². The van der Waals surface area contributed by atoms with Crippen LogP contribution in [-0.2, 0) is 9.47 Å².